The van der Waals surface area contributed by atoms with Gasteiger partial charge >= 0.3 is 6.03 Å². The number of rotatable bonds is 6. The second-order valence-electron chi connectivity index (χ2n) is 6.88. The van der Waals surface area contributed by atoms with Crippen molar-refractivity contribution in [1.29, 1.82) is 0 Å². The summed E-state index contributed by atoms with van der Waals surface area (Å²) in [4.78, 5) is 13.5. The minimum Gasteiger partial charge on any atom is -0.487 e. The monoisotopic (exact) mass is 336 g/mol. The molecule has 2 saturated carbocycles. The number of amides is 2. The van der Waals surface area contributed by atoms with Gasteiger partial charge in [-0.05, 0) is 56.6 Å². The molecule has 1 aromatic rings. The highest BCUT2D eigenvalue weighted by Crippen LogP contribution is 2.33. The molecule has 2 amide bonds. The molecule has 0 radical (unpaired) electrons. The molecule has 0 spiro atoms. The summed E-state index contributed by atoms with van der Waals surface area (Å²) in [5.74, 6) is 0.0718. The standard InChI is InChI=1S/C18H25FN2O3/c1-21(11-16(22)12-6-7-12)18(23)20-13-8-9-17(15(19)10-13)24-14-4-2-3-5-14/h8-10,12,14,16,22H,2-7,11H2,1H3,(H,20,23). The van der Waals surface area contributed by atoms with E-state index in [-0.39, 0.29) is 24.4 Å². The zero-order valence-electron chi connectivity index (χ0n) is 14.0. The number of likely N-dealkylation sites (N-methyl/N-ethyl adjacent to an activating group) is 1. The first kappa shape index (κ1) is 17.0. The summed E-state index contributed by atoms with van der Waals surface area (Å²) in [7, 11) is 1.62. The number of ether oxygens (including phenoxy) is 1. The van der Waals surface area contributed by atoms with Crippen LogP contribution in [0.15, 0.2) is 18.2 Å². The molecule has 0 aromatic heterocycles. The number of hydrogen-bond acceptors (Lipinski definition) is 3. The molecule has 0 aliphatic heterocycles. The molecule has 2 N–H and O–H groups in total. The van der Waals surface area contributed by atoms with Crippen molar-refractivity contribution in [1.82, 2.24) is 4.90 Å². The number of halogens is 1. The van der Waals surface area contributed by atoms with Crippen LogP contribution >= 0.6 is 0 Å². The molecule has 5 nitrogen and oxygen atoms in total. The van der Waals surface area contributed by atoms with E-state index in [1.165, 1.54) is 11.0 Å². The highest BCUT2D eigenvalue weighted by Gasteiger charge is 2.31. The van der Waals surface area contributed by atoms with Crippen molar-refractivity contribution in [3.8, 4) is 5.75 Å². The molecule has 3 rings (SSSR count). The zero-order chi connectivity index (χ0) is 17.1. The molecule has 1 atom stereocenters. The summed E-state index contributed by atoms with van der Waals surface area (Å²) in [5.41, 5.74) is 0.379. The molecule has 0 saturated heterocycles. The van der Waals surface area contributed by atoms with Gasteiger partial charge in [0.15, 0.2) is 11.6 Å². The number of aliphatic hydroxyl groups is 1. The first-order valence-electron chi connectivity index (χ1n) is 8.69. The topological polar surface area (TPSA) is 61.8 Å². The molecular formula is C18H25FN2O3. The Labute approximate surface area is 141 Å². The molecule has 2 aliphatic carbocycles. The number of carbonyl (C=O) groups is 1. The fourth-order valence-electron chi connectivity index (χ4n) is 3.07. The number of hydrogen-bond donors (Lipinski definition) is 2. The average molecular weight is 336 g/mol. The van der Waals surface area contributed by atoms with Crippen LogP contribution in [0.5, 0.6) is 5.75 Å². The van der Waals surface area contributed by atoms with Gasteiger partial charge in [-0.25, -0.2) is 9.18 Å². The predicted octanol–water partition coefficient (Wildman–Crippen LogP) is 3.38. The molecule has 1 aromatic carbocycles. The Morgan fingerprint density at radius 2 is 2.08 bits per heavy atom. The number of nitrogens with one attached hydrogen (secondary N) is 1. The molecule has 2 fully saturated rings. The van der Waals surface area contributed by atoms with E-state index in [9.17, 15) is 14.3 Å². The van der Waals surface area contributed by atoms with E-state index < -0.39 is 11.9 Å². The van der Waals surface area contributed by atoms with Crippen LogP contribution in [0.1, 0.15) is 38.5 Å². The van der Waals surface area contributed by atoms with Crippen LogP contribution in [-0.2, 0) is 0 Å². The normalized spacial score (nSPS) is 19.1. The molecule has 1 unspecified atom stereocenters. The second kappa shape index (κ2) is 7.38. The van der Waals surface area contributed by atoms with Crippen LogP contribution in [0.3, 0.4) is 0 Å². The van der Waals surface area contributed by atoms with Gasteiger partial charge in [0, 0.05) is 25.3 Å². The van der Waals surface area contributed by atoms with Crippen molar-refractivity contribution in [2.75, 3.05) is 18.9 Å². The van der Waals surface area contributed by atoms with Gasteiger partial charge in [0.2, 0.25) is 0 Å². The molecule has 24 heavy (non-hydrogen) atoms. The van der Waals surface area contributed by atoms with E-state index in [1.807, 2.05) is 0 Å². The average Bonchev–Trinajstić information content (AvgIpc) is 3.28. The van der Waals surface area contributed by atoms with E-state index in [2.05, 4.69) is 5.32 Å². The van der Waals surface area contributed by atoms with Gasteiger partial charge in [-0.2, -0.15) is 0 Å². The quantitative estimate of drug-likeness (QED) is 0.837. The minimum absolute atomic E-state index is 0.0926. The second-order valence-corrected chi connectivity index (χ2v) is 6.88. The fraction of sp³-hybridized carbons (Fsp3) is 0.611. The van der Waals surface area contributed by atoms with E-state index in [0.717, 1.165) is 38.5 Å². The third kappa shape index (κ3) is 4.38. The van der Waals surface area contributed by atoms with Crippen molar-refractivity contribution in [3.05, 3.63) is 24.0 Å². The highest BCUT2D eigenvalue weighted by atomic mass is 19.1. The lowest BCUT2D eigenvalue weighted by atomic mass is 10.2. The van der Waals surface area contributed by atoms with Crippen molar-refractivity contribution in [2.45, 2.75) is 50.7 Å². The molecular weight excluding hydrogens is 311 g/mol. The smallest absolute Gasteiger partial charge is 0.321 e. The first-order chi connectivity index (χ1) is 11.5. The van der Waals surface area contributed by atoms with Crippen LogP contribution in [0.25, 0.3) is 0 Å². The van der Waals surface area contributed by atoms with Crippen LogP contribution in [-0.4, -0.2) is 41.8 Å². The van der Waals surface area contributed by atoms with Crippen molar-refractivity contribution >= 4 is 11.7 Å². The Balaban J connectivity index is 1.54. The number of urea groups is 1. The van der Waals surface area contributed by atoms with Crippen LogP contribution in [0, 0.1) is 11.7 Å². The van der Waals surface area contributed by atoms with Crippen LogP contribution in [0.2, 0.25) is 0 Å². The summed E-state index contributed by atoms with van der Waals surface area (Å²) >= 11 is 0. The van der Waals surface area contributed by atoms with Gasteiger partial charge in [0.1, 0.15) is 0 Å². The van der Waals surface area contributed by atoms with Gasteiger partial charge in [-0.3, -0.25) is 0 Å². The Kier molecular flexibility index (Phi) is 5.23. The van der Waals surface area contributed by atoms with E-state index in [1.54, 1.807) is 19.2 Å². The highest BCUT2D eigenvalue weighted by molar-refractivity contribution is 5.89. The lowest BCUT2D eigenvalue weighted by Crippen LogP contribution is -2.38. The Morgan fingerprint density at radius 1 is 1.38 bits per heavy atom. The van der Waals surface area contributed by atoms with Crippen molar-refractivity contribution in [3.63, 3.8) is 0 Å². The molecule has 132 valence electrons. The summed E-state index contributed by atoms with van der Waals surface area (Å²) < 4.78 is 19.8. The number of anilines is 1. The van der Waals surface area contributed by atoms with Gasteiger partial charge in [-0.15, -0.1) is 0 Å². The van der Waals surface area contributed by atoms with Gasteiger partial charge in [0.05, 0.1) is 12.2 Å². The fourth-order valence-corrected chi connectivity index (χ4v) is 3.07. The number of aliphatic hydroxyl groups excluding tert-OH is 1. The molecule has 0 bridgehead atoms. The van der Waals surface area contributed by atoms with E-state index in [4.69, 9.17) is 4.74 Å². The maximum atomic E-state index is 14.1. The maximum absolute atomic E-state index is 14.1. The molecule has 0 heterocycles. The van der Waals surface area contributed by atoms with Crippen LogP contribution < -0.4 is 10.1 Å². The van der Waals surface area contributed by atoms with Gasteiger partial charge in [0.25, 0.3) is 0 Å². The van der Waals surface area contributed by atoms with Gasteiger partial charge in [-0.1, -0.05) is 0 Å². The Morgan fingerprint density at radius 3 is 2.71 bits per heavy atom. The lowest BCUT2D eigenvalue weighted by Gasteiger charge is -2.21. The number of benzene rings is 1. The summed E-state index contributed by atoms with van der Waals surface area (Å²) in [5, 5.41) is 12.5. The Bertz CT molecular complexity index is 586. The number of nitrogens with zero attached hydrogens (tertiary/aromatic N) is 1. The minimum atomic E-state index is -0.486. The van der Waals surface area contributed by atoms with Crippen molar-refractivity contribution < 1.29 is 19.0 Å². The van der Waals surface area contributed by atoms with Crippen molar-refractivity contribution in [2.24, 2.45) is 5.92 Å². The molecule has 6 heteroatoms. The zero-order valence-corrected chi connectivity index (χ0v) is 14.0. The van der Waals surface area contributed by atoms with Gasteiger partial charge < -0.3 is 20.1 Å². The van der Waals surface area contributed by atoms with E-state index >= 15 is 0 Å². The van der Waals surface area contributed by atoms with E-state index in [0.29, 0.717) is 11.6 Å². The summed E-state index contributed by atoms with van der Waals surface area (Å²) in [6.07, 6.45) is 5.82. The first-order valence-corrected chi connectivity index (χ1v) is 8.69. The Hall–Kier alpha value is -1.82. The lowest BCUT2D eigenvalue weighted by molar-refractivity contribution is 0.117. The molecule has 2 aliphatic rings. The summed E-state index contributed by atoms with van der Waals surface area (Å²) in [6.45, 7) is 0.280. The summed E-state index contributed by atoms with van der Waals surface area (Å²) in [6, 6.07) is 4.10. The third-order valence-electron chi connectivity index (χ3n) is 4.75. The third-order valence-corrected chi connectivity index (χ3v) is 4.75. The van der Waals surface area contributed by atoms with Crippen LogP contribution in [0.4, 0.5) is 14.9 Å². The maximum Gasteiger partial charge on any atom is 0.321 e. The SMILES string of the molecule is CN(CC(O)C1CC1)C(=O)Nc1ccc(OC2CCCC2)c(F)c1. The largest absolute Gasteiger partial charge is 0.487 e. The number of carbonyl (C=O) groups excluding carboxylic acids is 1. The predicted molar refractivity (Wildman–Crippen MR) is 89.7 cm³/mol.